The van der Waals surface area contributed by atoms with Crippen molar-refractivity contribution in [2.45, 2.75) is 52.1 Å². The predicted octanol–water partition coefficient (Wildman–Crippen LogP) is 4.82. The molecule has 2 heterocycles. The van der Waals surface area contributed by atoms with Gasteiger partial charge in [-0.15, -0.1) is 0 Å². The molecule has 2 aromatic rings. The molecule has 1 N–H and O–H groups in total. The first-order chi connectivity index (χ1) is 11.7. The summed E-state index contributed by atoms with van der Waals surface area (Å²) >= 11 is 6.23. The highest BCUT2D eigenvalue weighted by Crippen LogP contribution is 2.25. The molecule has 1 aromatic carbocycles. The van der Waals surface area contributed by atoms with Gasteiger partial charge in [0.25, 0.3) is 0 Å². The minimum absolute atomic E-state index is 0.553. The Morgan fingerprint density at radius 1 is 1.25 bits per heavy atom. The zero-order chi connectivity index (χ0) is 16.9. The number of aryl methyl sites for hydroxylation is 1. The van der Waals surface area contributed by atoms with E-state index in [0.717, 1.165) is 41.0 Å². The molecule has 0 saturated carbocycles. The highest BCUT2D eigenvalue weighted by Gasteiger charge is 2.23. The Kier molecular flexibility index (Phi) is 5.56. The Hall–Kier alpha value is -1.81. The van der Waals surface area contributed by atoms with Gasteiger partial charge in [0.1, 0.15) is 5.82 Å². The molecule has 5 heteroatoms. The van der Waals surface area contributed by atoms with Crippen molar-refractivity contribution in [1.29, 1.82) is 0 Å². The standard InChI is InChI=1S/C19H25ClN4/c1-3-16-9-6-7-11-24(16)19-22-14(2)12-18(23-19)21-13-15-8-4-5-10-17(15)20/h4-5,8,10,12,16H,3,6-7,9,11,13H2,1-2H3,(H,21,22,23). The molecule has 24 heavy (non-hydrogen) atoms. The van der Waals surface area contributed by atoms with Crippen molar-refractivity contribution in [2.75, 3.05) is 16.8 Å². The van der Waals surface area contributed by atoms with Crippen LogP contribution in [0.15, 0.2) is 30.3 Å². The van der Waals surface area contributed by atoms with Crippen LogP contribution in [0, 0.1) is 6.92 Å². The third-order valence-corrected chi connectivity index (χ3v) is 4.98. The average molecular weight is 345 g/mol. The molecule has 0 spiro atoms. The largest absolute Gasteiger partial charge is 0.366 e. The van der Waals surface area contributed by atoms with Crippen molar-refractivity contribution < 1.29 is 0 Å². The number of halogens is 1. The highest BCUT2D eigenvalue weighted by molar-refractivity contribution is 6.31. The van der Waals surface area contributed by atoms with E-state index in [1.807, 2.05) is 37.3 Å². The van der Waals surface area contributed by atoms with Gasteiger partial charge < -0.3 is 10.2 Å². The van der Waals surface area contributed by atoms with E-state index in [1.54, 1.807) is 0 Å². The molecule has 0 bridgehead atoms. The third-order valence-electron chi connectivity index (χ3n) is 4.62. The number of anilines is 2. The molecular formula is C19H25ClN4. The van der Waals surface area contributed by atoms with E-state index in [2.05, 4.69) is 22.1 Å². The number of benzene rings is 1. The zero-order valence-corrected chi connectivity index (χ0v) is 15.2. The normalized spacial score (nSPS) is 17.8. The van der Waals surface area contributed by atoms with Crippen LogP contribution >= 0.6 is 11.6 Å². The van der Waals surface area contributed by atoms with Crippen LogP contribution in [-0.4, -0.2) is 22.6 Å². The van der Waals surface area contributed by atoms with E-state index in [0.29, 0.717) is 12.6 Å². The zero-order valence-electron chi connectivity index (χ0n) is 14.4. The van der Waals surface area contributed by atoms with Crippen LogP contribution in [0.5, 0.6) is 0 Å². The lowest BCUT2D eigenvalue weighted by Crippen LogP contribution is -2.40. The van der Waals surface area contributed by atoms with Crippen LogP contribution < -0.4 is 10.2 Å². The monoisotopic (exact) mass is 344 g/mol. The van der Waals surface area contributed by atoms with Crippen molar-refractivity contribution in [3.63, 3.8) is 0 Å². The second-order valence-electron chi connectivity index (χ2n) is 6.39. The Morgan fingerprint density at radius 2 is 2.08 bits per heavy atom. The number of rotatable bonds is 5. The number of hydrogen-bond donors (Lipinski definition) is 1. The van der Waals surface area contributed by atoms with Crippen molar-refractivity contribution in [3.8, 4) is 0 Å². The smallest absolute Gasteiger partial charge is 0.227 e. The predicted molar refractivity (Wildman–Crippen MR) is 101 cm³/mol. The first-order valence-electron chi connectivity index (χ1n) is 8.77. The molecule has 1 aliphatic rings. The van der Waals surface area contributed by atoms with E-state index in [4.69, 9.17) is 16.6 Å². The second-order valence-corrected chi connectivity index (χ2v) is 6.80. The first kappa shape index (κ1) is 17.0. The molecule has 3 rings (SSSR count). The van der Waals surface area contributed by atoms with Gasteiger partial charge in [-0.1, -0.05) is 36.7 Å². The van der Waals surface area contributed by atoms with Crippen LogP contribution in [0.3, 0.4) is 0 Å². The molecule has 0 aliphatic carbocycles. The van der Waals surface area contributed by atoms with Crippen LogP contribution in [0.4, 0.5) is 11.8 Å². The minimum Gasteiger partial charge on any atom is -0.366 e. The van der Waals surface area contributed by atoms with Crippen LogP contribution in [-0.2, 0) is 6.54 Å². The summed E-state index contributed by atoms with van der Waals surface area (Å²) in [6, 6.07) is 10.4. The van der Waals surface area contributed by atoms with Crippen molar-refractivity contribution >= 4 is 23.4 Å². The fourth-order valence-electron chi connectivity index (χ4n) is 3.29. The van der Waals surface area contributed by atoms with E-state index in [9.17, 15) is 0 Å². The van der Waals surface area contributed by atoms with Gasteiger partial charge in [-0.2, -0.15) is 4.98 Å². The van der Waals surface area contributed by atoms with Crippen molar-refractivity contribution in [2.24, 2.45) is 0 Å². The highest BCUT2D eigenvalue weighted by atomic mass is 35.5. The van der Waals surface area contributed by atoms with Crippen molar-refractivity contribution in [3.05, 3.63) is 46.6 Å². The molecule has 1 unspecified atom stereocenters. The van der Waals surface area contributed by atoms with E-state index in [-0.39, 0.29) is 0 Å². The third kappa shape index (κ3) is 3.99. The van der Waals surface area contributed by atoms with Gasteiger partial charge in [0.15, 0.2) is 0 Å². The van der Waals surface area contributed by atoms with Gasteiger partial charge >= 0.3 is 0 Å². The Balaban J connectivity index is 1.77. The maximum absolute atomic E-state index is 6.23. The fourth-order valence-corrected chi connectivity index (χ4v) is 3.49. The summed E-state index contributed by atoms with van der Waals surface area (Å²) in [5.74, 6) is 1.71. The molecule has 1 saturated heterocycles. The quantitative estimate of drug-likeness (QED) is 0.844. The molecule has 128 valence electrons. The number of nitrogens with one attached hydrogen (secondary N) is 1. The number of hydrogen-bond acceptors (Lipinski definition) is 4. The first-order valence-corrected chi connectivity index (χ1v) is 9.14. The molecule has 4 nitrogen and oxygen atoms in total. The summed E-state index contributed by atoms with van der Waals surface area (Å²) in [6.07, 6.45) is 4.89. The minimum atomic E-state index is 0.553. The SMILES string of the molecule is CCC1CCCCN1c1nc(C)cc(NCc2ccccc2Cl)n1. The average Bonchev–Trinajstić information content (AvgIpc) is 2.60. The molecule has 1 atom stereocenters. The molecular weight excluding hydrogens is 320 g/mol. The fraction of sp³-hybridized carbons (Fsp3) is 0.474. The van der Waals surface area contributed by atoms with E-state index < -0.39 is 0 Å². The lowest BCUT2D eigenvalue weighted by Gasteiger charge is -2.35. The second kappa shape index (κ2) is 7.84. The van der Waals surface area contributed by atoms with Crippen LogP contribution in [0.2, 0.25) is 5.02 Å². The Labute approximate surface area is 149 Å². The topological polar surface area (TPSA) is 41.1 Å². The van der Waals surface area contributed by atoms with Gasteiger partial charge in [0, 0.05) is 35.9 Å². The molecule has 0 amide bonds. The van der Waals surface area contributed by atoms with Gasteiger partial charge in [0.05, 0.1) is 0 Å². The summed E-state index contributed by atoms with van der Waals surface area (Å²) in [5.41, 5.74) is 2.06. The lowest BCUT2D eigenvalue weighted by molar-refractivity contribution is 0.443. The lowest BCUT2D eigenvalue weighted by atomic mass is 10.0. The maximum atomic E-state index is 6.23. The molecule has 0 radical (unpaired) electrons. The summed E-state index contributed by atoms with van der Waals surface area (Å²) in [6.45, 7) is 5.98. The summed E-state index contributed by atoms with van der Waals surface area (Å²) in [7, 11) is 0. The number of nitrogens with zero attached hydrogens (tertiary/aromatic N) is 3. The molecule has 1 aliphatic heterocycles. The van der Waals surface area contributed by atoms with Gasteiger partial charge in [-0.25, -0.2) is 4.98 Å². The molecule has 1 aromatic heterocycles. The van der Waals surface area contributed by atoms with Gasteiger partial charge in [0.2, 0.25) is 5.95 Å². The Bertz CT molecular complexity index is 689. The number of piperidine rings is 1. The summed E-state index contributed by atoms with van der Waals surface area (Å²) < 4.78 is 0. The summed E-state index contributed by atoms with van der Waals surface area (Å²) in [4.78, 5) is 11.8. The van der Waals surface area contributed by atoms with E-state index in [1.165, 1.54) is 19.3 Å². The summed E-state index contributed by atoms with van der Waals surface area (Å²) in [5, 5.41) is 4.17. The van der Waals surface area contributed by atoms with E-state index >= 15 is 0 Å². The maximum Gasteiger partial charge on any atom is 0.227 e. The van der Waals surface area contributed by atoms with Crippen LogP contribution in [0.25, 0.3) is 0 Å². The number of aromatic nitrogens is 2. The van der Waals surface area contributed by atoms with Gasteiger partial charge in [-0.3, -0.25) is 0 Å². The van der Waals surface area contributed by atoms with Gasteiger partial charge in [-0.05, 0) is 44.2 Å². The Morgan fingerprint density at radius 3 is 2.88 bits per heavy atom. The molecule has 1 fully saturated rings. The van der Waals surface area contributed by atoms with Crippen molar-refractivity contribution in [1.82, 2.24) is 9.97 Å². The van der Waals surface area contributed by atoms with Crippen LogP contribution in [0.1, 0.15) is 43.9 Å².